The lowest BCUT2D eigenvalue weighted by Gasteiger charge is -2.29. The zero-order chi connectivity index (χ0) is 17.7. The fourth-order valence-electron chi connectivity index (χ4n) is 3.44. The maximum absolute atomic E-state index is 13.1. The predicted molar refractivity (Wildman–Crippen MR) is 100.0 cm³/mol. The summed E-state index contributed by atoms with van der Waals surface area (Å²) in [5, 5.41) is 0. The van der Waals surface area contributed by atoms with Gasteiger partial charge in [0.15, 0.2) is 0 Å². The lowest BCUT2D eigenvalue weighted by Crippen LogP contribution is -2.35. The van der Waals surface area contributed by atoms with E-state index in [9.17, 15) is 8.42 Å². The van der Waals surface area contributed by atoms with Crippen LogP contribution in [0.1, 0.15) is 42.9 Å². The normalized spacial score (nSPS) is 19.3. The highest BCUT2D eigenvalue weighted by Crippen LogP contribution is 2.34. The third-order valence-corrected chi connectivity index (χ3v) is 6.60. The van der Waals surface area contributed by atoms with Crippen LogP contribution in [0, 0.1) is 0 Å². The fourth-order valence-corrected chi connectivity index (χ4v) is 5.24. The molecule has 1 heterocycles. The van der Waals surface area contributed by atoms with Crippen molar-refractivity contribution in [2.24, 2.45) is 0 Å². The molecule has 134 valence electrons. The predicted octanol–water partition coefficient (Wildman–Crippen LogP) is 4.14. The van der Waals surface area contributed by atoms with Crippen molar-refractivity contribution in [2.75, 3.05) is 13.7 Å². The molecule has 25 heavy (non-hydrogen) atoms. The molecule has 0 aromatic heterocycles. The molecule has 0 bridgehead atoms. The topological polar surface area (TPSA) is 46.6 Å². The van der Waals surface area contributed by atoms with E-state index in [-0.39, 0.29) is 11.8 Å². The van der Waals surface area contributed by atoms with E-state index in [1.54, 1.807) is 11.4 Å². The van der Waals surface area contributed by atoms with Crippen molar-refractivity contribution in [3.8, 4) is 5.75 Å². The maximum Gasteiger partial charge on any atom is 0.218 e. The summed E-state index contributed by atoms with van der Waals surface area (Å²) in [6, 6.07) is 17.1. The second-order valence-corrected chi connectivity index (χ2v) is 8.41. The van der Waals surface area contributed by atoms with Crippen molar-refractivity contribution in [3.63, 3.8) is 0 Å². The Bertz CT molecular complexity index is 772. The van der Waals surface area contributed by atoms with Gasteiger partial charge in [-0.1, -0.05) is 55.3 Å². The highest BCUT2D eigenvalue weighted by atomic mass is 32.2. The first-order valence-electron chi connectivity index (χ1n) is 8.77. The molecular weight excluding hydrogens is 334 g/mol. The summed E-state index contributed by atoms with van der Waals surface area (Å²) < 4.78 is 33.2. The van der Waals surface area contributed by atoms with E-state index < -0.39 is 10.0 Å². The molecule has 1 aliphatic heterocycles. The van der Waals surface area contributed by atoms with Crippen LogP contribution in [0.4, 0.5) is 0 Å². The summed E-state index contributed by atoms with van der Waals surface area (Å²) in [4.78, 5) is 0. The van der Waals surface area contributed by atoms with E-state index in [2.05, 4.69) is 0 Å². The molecule has 0 amide bonds. The standard InChI is InChI=1S/C20H25NO3S/c1-24-19-13-11-18(12-14-19)20-10-6-3-7-15-21(20)25(22,23)16-17-8-4-2-5-9-17/h2,4-5,8-9,11-14,20H,3,6-7,10,15-16H2,1H3. The molecule has 1 atom stereocenters. The lowest BCUT2D eigenvalue weighted by molar-refractivity contribution is 0.328. The van der Waals surface area contributed by atoms with Crippen molar-refractivity contribution in [1.29, 1.82) is 0 Å². The Labute approximate surface area is 150 Å². The summed E-state index contributed by atoms with van der Waals surface area (Å²) in [6.07, 6.45) is 3.90. The zero-order valence-electron chi connectivity index (χ0n) is 14.6. The number of ether oxygens (including phenoxy) is 1. The van der Waals surface area contributed by atoms with Gasteiger partial charge in [0.05, 0.1) is 12.9 Å². The van der Waals surface area contributed by atoms with Gasteiger partial charge in [-0.05, 0) is 36.1 Å². The minimum atomic E-state index is -3.37. The number of benzene rings is 2. The van der Waals surface area contributed by atoms with E-state index in [1.807, 2.05) is 54.6 Å². The highest BCUT2D eigenvalue weighted by molar-refractivity contribution is 7.88. The third kappa shape index (κ3) is 4.41. The Morgan fingerprint density at radius 2 is 1.72 bits per heavy atom. The van der Waals surface area contributed by atoms with Crippen LogP contribution >= 0.6 is 0 Å². The van der Waals surface area contributed by atoms with E-state index in [1.165, 1.54) is 0 Å². The quantitative estimate of drug-likeness (QED) is 0.806. The molecule has 0 N–H and O–H groups in total. The van der Waals surface area contributed by atoms with Gasteiger partial charge in [-0.25, -0.2) is 8.42 Å². The molecule has 0 spiro atoms. The number of sulfonamides is 1. The van der Waals surface area contributed by atoms with Gasteiger partial charge in [-0.15, -0.1) is 0 Å². The molecule has 0 radical (unpaired) electrons. The molecular formula is C20H25NO3S. The number of methoxy groups -OCH3 is 1. The van der Waals surface area contributed by atoms with Crippen molar-refractivity contribution in [3.05, 3.63) is 65.7 Å². The van der Waals surface area contributed by atoms with Gasteiger partial charge in [0, 0.05) is 12.6 Å². The van der Waals surface area contributed by atoms with Crippen LogP contribution < -0.4 is 4.74 Å². The van der Waals surface area contributed by atoms with Crippen molar-refractivity contribution < 1.29 is 13.2 Å². The molecule has 0 saturated carbocycles. The first-order chi connectivity index (χ1) is 12.1. The van der Waals surface area contributed by atoms with Gasteiger partial charge in [-0.3, -0.25) is 0 Å². The monoisotopic (exact) mass is 359 g/mol. The minimum absolute atomic E-state index is 0.0560. The number of hydrogen-bond acceptors (Lipinski definition) is 3. The van der Waals surface area contributed by atoms with Crippen LogP contribution in [0.25, 0.3) is 0 Å². The number of nitrogens with zero attached hydrogens (tertiary/aromatic N) is 1. The molecule has 1 saturated heterocycles. The van der Waals surface area contributed by atoms with Gasteiger partial charge in [-0.2, -0.15) is 4.31 Å². The zero-order valence-corrected chi connectivity index (χ0v) is 15.4. The van der Waals surface area contributed by atoms with Crippen molar-refractivity contribution in [2.45, 2.75) is 37.5 Å². The van der Waals surface area contributed by atoms with Gasteiger partial charge in [0.1, 0.15) is 5.75 Å². The molecule has 0 aliphatic carbocycles. The largest absolute Gasteiger partial charge is 0.497 e. The first kappa shape index (κ1) is 18.0. The van der Waals surface area contributed by atoms with Crippen LogP contribution in [0.15, 0.2) is 54.6 Å². The van der Waals surface area contributed by atoms with E-state index >= 15 is 0 Å². The molecule has 2 aromatic carbocycles. The first-order valence-corrected chi connectivity index (χ1v) is 10.4. The highest BCUT2D eigenvalue weighted by Gasteiger charge is 2.32. The molecule has 5 heteroatoms. The van der Waals surface area contributed by atoms with Crippen LogP contribution in [0.2, 0.25) is 0 Å². The summed E-state index contributed by atoms with van der Waals surface area (Å²) >= 11 is 0. The van der Waals surface area contributed by atoms with Gasteiger partial charge in [0.25, 0.3) is 0 Å². The Balaban J connectivity index is 1.89. The molecule has 1 unspecified atom stereocenters. The van der Waals surface area contributed by atoms with Crippen molar-refractivity contribution >= 4 is 10.0 Å². The Kier molecular flexibility index (Phi) is 5.76. The van der Waals surface area contributed by atoms with Gasteiger partial charge in [0.2, 0.25) is 10.0 Å². The van der Waals surface area contributed by atoms with Gasteiger partial charge >= 0.3 is 0 Å². The van der Waals surface area contributed by atoms with Crippen LogP contribution in [-0.2, 0) is 15.8 Å². The van der Waals surface area contributed by atoms with Crippen LogP contribution in [0.3, 0.4) is 0 Å². The van der Waals surface area contributed by atoms with Crippen LogP contribution in [-0.4, -0.2) is 26.4 Å². The Hall–Kier alpha value is -1.85. The molecule has 1 aliphatic rings. The number of rotatable bonds is 5. The third-order valence-electron chi connectivity index (χ3n) is 4.75. The van der Waals surface area contributed by atoms with E-state index in [0.29, 0.717) is 6.54 Å². The lowest BCUT2D eigenvalue weighted by atomic mass is 10.0. The summed E-state index contributed by atoms with van der Waals surface area (Å²) in [6.45, 7) is 0.589. The Morgan fingerprint density at radius 1 is 1.00 bits per heavy atom. The molecule has 3 rings (SSSR count). The minimum Gasteiger partial charge on any atom is -0.497 e. The van der Waals surface area contributed by atoms with Gasteiger partial charge < -0.3 is 4.74 Å². The summed E-state index contributed by atoms with van der Waals surface area (Å²) in [5.41, 5.74) is 1.87. The second kappa shape index (κ2) is 8.02. The van der Waals surface area contributed by atoms with E-state index in [4.69, 9.17) is 4.74 Å². The average Bonchev–Trinajstić information content (AvgIpc) is 2.89. The second-order valence-electron chi connectivity index (χ2n) is 6.49. The summed E-state index contributed by atoms with van der Waals surface area (Å²) in [5.74, 6) is 0.844. The maximum atomic E-state index is 13.1. The molecule has 4 nitrogen and oxygen atoms in total. The average molecular weight is 359 g/mol. The molecule has 2 aromatic rings. The van der Waals surface area contributed by atoms with Crippen molar-refractivity contribution in [1.82, 2.24) is 4.31 Å². The Morgan fingerprint density at radius 3 is 2.40 bits per heavy atom. The van der Waals surface area contributed by atoms with Crippen LogP contribution in [0.5, 0.6) is 5.75 Å². The van der Waals surface area contributed by atoms with E-state index in [0.717, 1.165) is 42.6 Å². The summed E-state index contributed by atoms with van der Waals surface area (Å²) in [7, 11) is -1.73. The molecule has 1 fully saturated rings. The number of hydrogen-bond donors (Lipinski definition) is 0. The SMILES string of the molecule is COc1ccc(C2CCCCCN2S(=O)(=O)Cc2ccccc2)cc1. The smallest absolute Gasteiger partial charge is 0.218 e. The fraction of sp³-hybridized carbons (Fsp3) is 0.400.